The molecule has 0 unspecified atom stereocenters. The van der Waals surface area contributed by atoms with Crippen molar-refractivity contribution in [3.63, 3.8) is 0 Å². The van der Waals surface area contributed by atoms with Crippen LogP contribution in [0.4, 0.5) is 0 Å². The van der Waals surface area contributed by atoms with E-state index in [1.807, 2.05) is 32.9 Å². The Morgan fingerprint density at radius 2 is 1.72 bits per heavy atom. The van der Waals surface area contributed by atoms with Crippen LogP contribution in [0.2, 0.25) is 0 Å². The highest BCUT2D eigenvalue weighted by Gasteiger charge is 2.21. The fraction of sp³-hybridized carbons (Fsp3) is 0.368. The largest absolute Gasteiger partial charge is 0.493 e. The quantitative estimate of drug-likeness (QED) is 0.755. The van der Waals surface area contributed by atoms with Crippen molar-refractivity contribution in [2.24, 2.45) is 0 Å². The molecule has 136 valence electrons. The fourth-order valence-electron chi connectivity index (χ4n) is 2.48. The van der Waals surface area contributed by atoms with Gasteiger partial charge in [0.1, 0.15) is 0 Å². The number of nitrogens with zero attached hydrogens (tertiary/aromatic N) is 1. The molecular weight excluding hydrogens is 338 g/mol. The van der Waals surface area contributed by atoms with Crippen LogP contribution in [0.5, 0.6) is 11.5 Å². The summed E-state index contributed by atoms with van der Waals surface area (Å²) in [6, 6.07) is 10.6. The predicted octanol–water partition coefficient (Wildman–Crippen LogP) is 3.53. The van der Waals surface area contributed by atoms with Crippen LogP contribution < -0.4 is 9.47 Å². The first-order valence-electron chi connectivity index (χ1n) is 8.13. The Morgan fingerprint density at radius 3 is 2.32 bits per heavy atom. The minimum absolute atomic E-state index is 0.248. The zero-order valence-corrected chi connectivity index (χ0v) is 16.2. The molecule has 0 aromatic heterocycles. The van der Waals surface area contributed by atoms with Gasteiger partial charge < -0.3 is 9.47 Å². The van der Waals surface area contributed by atoms with Gasteiger partial charge in [0, 0.05) is 13.6 Å². The number of methoxy groups -OCH3 is 1. The van der Waals surface area contributed by atoms with Crippen molar-refractivity contribution in [3.8, 4) is 11.5 Å². The molecule has 0 aliphatic heterocycles. The van der Waals surface area contributed by atoms with E-state index in [-0.39, 0.29) is 6.54 Å². The van der Waals surface area contributed by atoms with E-state index in [0.717, 1.165) is 16.7 Å². The number of rotatable bonds is 7. The molecule has 2 aromatic carbocycles. The molecule has 0 heterocycles. The highest BCUT2D eigenvalue weighted by Crippen LogP contribution is 2.29. The van der Waals surface area contributed by atoms with E-state index >= 15 is 0 Å². The number of sulfonamides is 1. The SMILES string of the molecule is CCOc1ccc(CN(C)S(=O)(=O)c2ccc(C)c(C)c2)cc1OC. The Kier molecular flexibility index (Phi) is 6.08. The third-order valence-electron chi connectivity index (χ3n) is 4.12. The van der Waals surface area contributed by atoms with E-state index < -0.39 is 10.0 Å². The summed E-state index contributed by atoms with van der Waals surface area (Å²) in [5.74, 6) is 1.24. The smallest absolute Gasteiger partial charge is 0.243 e. The van der Waals surface area contributed by atoms with Crippen molar-refractivity contribution in [1.29, 1.82) is 0 Å². The lowest BCUT2D eigenvalue weighted by Gasteiger charge is -2.19. The number of benzene rings is 2. The zero-order valence-electron chi connectivity index (χ0n) is 15.4. The Hall–Kier alpha value is -2.05. The molecule has 0 amide bonds. The summed E-state index contributed by atoms with van der Waals surface area (Å²) in [4.78, 5) is 0.302. The summed E-state index contributed by atoms with van der Waals surface area (Å²) in [6.07, 6.45) is 0. The zero-order chi connectivity index (χ0) is 18.6. The summed E-state index contributed by atoms with van der Waals surface area (Å²) in [7, 11) is -0.412. The van der Waals surface area contributed by atoms with Crippen LogP contribution in [0, 0.1) is 13.8 Å². The number of hydrogen-bond acceptors (Lipinski definition) is 4. The van der Waals surface area contributed by atoms with Gasteiger partial charge in [0.25, 0.3) is 0 Å². The second kappa shape index (κ2) is 7.89. The molecule has 0 aliphatic carbocycles. The maximum Gasteiger partial charge on any atom is 0.243 e. The summed E-state index contributed by atoms with van der Waals surface area (Å²) >= 11 is 0. The first kappa shape index (κ1) is 19.3. The van der Waals surface area contributed by atoms with Gasteiger partial charge >= 0.3 is 0 Å². The van der Waals surface area contributed by atoms with Gasteiger partial charge in [-0.05, 0) is 61.7 Å². The minimum Gasteiger partial charge on any atom is -0.493 e. The van der Waals surface area contributed by atoms with Crippen LogP contribution in [-0.2, 0) is 16.6 Å². The molecule has 0 saturated heterocycles. The van der Waals surface area contributed by atoms with Crippen molar-refractivity contribution >= 4 is 10.0 Å². The van der Waals surface area contributed by atoms with Crippen LogP contribution in [0.3, 0.4) is 0 Å². The maximum absolute atomic E-state index is 12.8. The van der Waals surface area contributed by atoms with Gasteiger partial charge in [0.15, 0.2) is 11.5 Å². The van der Waals surface area contributed by atoms with Gasteiger partial charge in [-0.25, -0.2) is 8.42 Å². The number of hydrogen-bond donors (Lipinski definition) is 0. The van der Waals surface area contributed by atoms with E-state index in [2.05, 4.69) is 0 Å². The average molecular weight is 363 g/mol. The monoisotopic (exact) mass is 363 g/mol. The van der Waals surface area contributed by atoms with Crippen LogP contribution in [0.1, 0.15) is 23.6 Å². The molecule has 0 fully saturated rings. The minimum atomic E-state index is -3.56. The van der Waals surface area contributed by atoms with Crippen molar-refractivity contribution in [2.45, 2.75) is 32.2 Å². The van der Waals surface area contributed by atoms with Gasteiger partial charge in [-0.15, -0.1) is 0 Å². The highest BCUT2D eigenvalue weighted by atomic mass is 32.2. The lowest BCUT2D eigenvalue weighted by Crippen LogP contribution is -2.26. The number of aryl methyl sites for hydroxylation is 2. The van der Waals surface area contributed by atoms with E-state index in [1.54, 1.807) is 38.4 Å². The molecule has 6 heteroatoms. The first-order chi connectivity index (χ1) is 11.8. The molecule has 25 heavy (non-hydrogen) atoms. The van der Waals surface area contributed by atoms with Crippen molar-refractivity contribution in [1.82, 2.24) is 4.31 Å². The Bertz CT molecular complexity index is 846. The normalized spacial score (nSPS) is 11.6. The van der Waals surface area contributed by atoms with Crippen LogP contribution in [-0.4, -0.2) is 33.5 Å². The summed E-state index contributed by atoms with van der Waals surface area (Å²) in [6.45, 7) is 6.55. The van der Waals surface area contributed by atoms with Crippen LogP contribution >= 0.6 is 0 Å². The van der Waals surface area contributed by atoms with E-state index in [9.17, 15) is 8.42 Å². The summed E-state index contributed by atoms with van der Waals surface area (Å²) in [5.41, 5.74) is 2.85. The standard InChI is InChI=1S/C19H25NO4S/c1-6-24-18-10-8-16(12-19(18)23-5)13-20(4)25(21,22)17-9-7-14(2)15(3)11-17/h7-12H,6,13H2,1-5H3. The Balaban J connectivity index is 2.25. The molecule has 0 saturated carbocycles. The second-order valence-corrected chi connectivity index (χ2v) is 7.97. The van der Waals surface area contributed by atoms with Crippen molar-refractivity contribution in [2.75, 3.05) is 20.8 Å². The van der Waals surface area contributed by atoms with E-state index in [1.165, 1.54) is 4.31 Å². The van der Waals surface area contributed by atoms with Gasteiger partial charge in [-0.1, -0.05) is 12.1 Å². The Morgan fingerprint density at radius 1 is 1.00 bits per heavy atom. The summed E-state index contributed by atoms with van der Waals surface area (Å²) < 4.78 is 37.7. The molecule has 0 radical (unpaired) electrons. The van der Waals surface area contributed by atoms with Gasteiger partial charge in [0.2, 0.25) is 10.0 Å². The molecule has 2 aromatic rings. The van der Waals surface area contributed by atoms with Gasteiger partial charge in [-0.2, -0.15) is 4.31 Å². The predicted molar refractivity (Wildman–Crippen MR) is 98.7 cm³/mol. The molecule has 5 nitrogen and oxygen atoms in total. The third-order valence-corrected chi connectivity index (χ3v) is 5.92. The molecular formula is C19H25NO4S. The Labute approximate surface area is 150 Å². The second-order valence-electron chi connectivity index (χ2n) is 5.93. The van der Waals surface area contributed by atoms with Crippen LogP contribution in [0.25, 0.3) is 0 Å². The molecule has 0 atom stereocenters. The van der Waals surface area contributed by atoms with E-state index in [4.69, 9.17) is 9.47 Å². The first-order valence-corrected chi connectivity index (χ1v) is 9.57. The lowest BCUT2D eigenvalue weighted by atomic mass is 10.1. The van der Waals surface area contributed by atoms with Crippen molar-refractivity contribution < 1.29 is 17.9 Å². The fourth-order valence-corrected chi connectivity index (χ4v) is 3.73. The van der Waals surface area contributed by atoms with Gasteiger partial charge in [0.05, 0.1) is 18.6 Å². The molecule has 2 rings (SSSR count). The summed E-state index contributed by atoms with van der Waals surface area (Å²) in [5, 5.41) is 0. The molecule has 0 spiro atoms. The number of ether oxygens (including phenoxy) is 2. The maximum atomic E-state index is 12.8. The van der Waals surface area contributed by atoms with E-state index in [0.29, 0.717) is 23.0 Å². The van der Waals surface area contributed by atoms with Crippen molar-refractivity contribution in [3.05, 3.63) is 53.1 Å². The average Bonchev–Trinajstić information content (AvgIpc) is 2.58. The molecule has 0 aliphatic rings. The van der Waals surface area contributed by atoms with Crippen LogP contribution in [0.15, 0.2) is 41.3 Å². The molecule has 0 N–H and O–H groups in total. The molecule has 0 bridgehead atoms. The topological polar surface area (TPSA) is 55.8 Å². The van der Waals surface area contributed by atoms with Gasteiger partial charge in [-0.3, -0.25) is 0 Å². The lowest BCUT2D eigenvalue weighted by molar-refractivity contribution is 0.310. The highest BCUT2D eigenvalue weighted by molar-refractivity contribution is 7.89. The third kappa shape index (κ3) is 4.32.